The van der Waals surface area contributed by atoms with Crippen LogP contribution in [0.5, 0.6) is 5.75 Å². The minimum Gasteiger partial charge on any atom is -0.494 e. The smallest absolute Gasteiger partial charge is 0.220 e. The van der Waals surface area contributed by atoms with Gasteiger partial charge in [0.25, 0.3) is 0 Å². The summed E-state index contributed by atoms with van der Waals surface area (Å²) in [5, 5.41) is 6.11. The van der Waals surface area contributed by atoms with E-state index in [1.165, 1.54) is 5.57 Å². The van der Waals surface area contributed by atoms with Gasteiger partial charge in [0.2, 0.25) is 5.91 Å². The number of benzene rings is 1. The molecule has 132 valence electrons. The van der Waals surface area contributed by atoms with Crippen LogP contribution in [0, 0.1) is 0 Å². The molecule has 0 atom stereocenters. The fraction of sp³-hybridized carbons (Fsp3) is 0.444. The maximum atomic E-state index is 12.1. The summed E-state index contributed by atoms with van der Waals surface area (Å²) in [5.41, 5.74) is 1.86. The molecule has 0 spiro atoms. The minimum atomic E-state index is -0.0799. The topological polar surface area (TPSA) is 67.4 Å². The van der Waals surface area contributed by atoms with Crippen molar-refractivity contribution in [2.24, 2.45) is 0 Å². The molecule has 1 amide bonds. The number of carbonyl (C=O) groups is 2. The van der Waals surface area contributed by atoms with Crippen LogP contribution in [0.25, 0.3) is 0 Å². The number of carbonyl (C=O) groups excluding carboxylic acids is 2. The Morgan fingerprint density at radius 3 is 2.58 bits per heavy atom. The van der Waals surface area contributed by atoms with Gasteiger partial charge < -0.3 is 15.4 Å². The van der Waals surface area contributed by atoms with E-state index in [-0.39, 0.29) is 36.9 Å². The Balaban J connectivity index is 0.00000288. The van der Waals surface area contributed by atoms with Crippen LogP contribution in [-0.4, -0.2) is 37.9 Å². The lowest BCUT2D eigenvalue weighted by atomic mass is 10.1. The van der Waals surface area contributed by atoms with Crippen LogP contribution in [0.3, 0.4) is 0 Å². The third-order valence-corrected chi connectivity index (χ3v) is 3.74. The van der Waals surface area contributed by atoms with Crippen molar-refractivity contribution in [3.8, 4) is 5.75 Å². The van der Waals surface area contributed by atoms with Crippen molar-refractivity contribution >= 4 is 24.1 Å². The molecular formula is C18H25ClN2O3. The first-order valence-electron chi connectivity index (χ1n) is 8.10. The Labute approximate surface area is 149 Å². The first-order chi connectivity index (χ1) is 11.2. The highest BCUT2D eigenvalue weighted by atomic mass is 35.5. The van der Waals surface area contributed by atoms with Crippen molar-refractivity contribution in [3.63, 3.8) is 0 Å². The maximum absolute atomic E-state index is 12.1. The minimum absolute atomic E-state index is 0. The summed E-state index contributed by atoms with van der Waals surface area (Å²) in [5.74, 6) is 0.644. The number of halogens is 1. The van der Waals surface area contributed by atoms with Gasteiger partial charge in [-0.2, -0.15) is 0 Å². The van der Waals surface area contributed by atoms with Crippen molar-refractivity contribution in [3.05, 3.63) is 41.5 Å². The fourth-order valence-electron chi connectivity index (χ4n) is 2.41. The lowest BCUT2D eigenvalue weighted by Gasteiger charge is -2.14. The number of amides is 1. The molecule has 1 aliphatic heterocycles. The number of hydrogen-bond donors (Lipinski definition) is 2. The molecule has 0 bridgehead atoms. The molecule has 1 aliphatic rings. The van der Waals surface area contributed by atoms with E-state index < -0.39 is 0 Å². The zero-order valence-corrected chi connectivity index (χ0v) is 14.8. The van der Waals surface area contributed by atoms with Crippen LogP contribution in [0.15, 0.2) is 35.9 Å². The van der Waals surface area contributed by atoms with E-state index >= 15 is 0 Å². The normalized spacial score (nSPS) is 13.5. The third kappa shape index (κ3) is 6.72. The SMILES string of the molecule is CCOc1ccc(C(=O)CCC(=O)NCC2=CCNCC2)cc1.Cl. The number of rotatable bonds is 8. The molecule has 2 N–H and O–H groups in total. The molecule has 0 aromatic heterocycles. The first kappa shape index (κ1) is 20.2. The van der Waals surface area contributed by atoms with Crippen LogP contribution >= 0.6 is 12.4 Å². The fourth-order valence-corrected chi connectivity index (χ4v) is 2.41. The van der Waals surface area contributed by atoms with E-state index in [1.807, 2.05) is 6.92 Å². The Hall–Kier alpha value is -1.85. The molecule has 2 rings (SSSR count). The Morgan fingerprint density at radius 1 is 1.21 bits per heavy atom. The van der Waals surface area contributed by atoms with Crippen molar-refractivity contribution in [1.82, 2.24) is 10.6 Å². The van der Waals surface area contributed by atoms with Gasteiger partial charge >= 0.3 is 0 Å². The molecule has 1 aromatic carbocycles. The van der Waals surface area contributed by atoms with Gasteiger partial charge in [-0.1, -0.05) is 11.6 Å². The Morgan fingerprint density at radius 2 is 1.96 bits per heavy atom. The molecule has 0 saturated heterocycles. The van der Waals surface area contributed by atoms with E-state index in [0.717, 1.165) is 25.3 Å². The van der Waals surface area contributed by atoms with E-state index in [9.17, 15) is 9.59 Å². The third-order valence-electron chi connectivity index (χ3n) is 3.74. The monoisotopic (exact) mass is 352 g/mol. The van der Waals surface area contributed by atoms with Gasteiger partial charge in [0, 0.05) is 31.5 Å². The summed E-state index contributed by atoms with van der Waals surface area (Å²) in [6.07, 6.45) is 3.51. The summed E-state index contributed by atoms with van der Waals surface area (Å²) < 4.78 is 5.34. The summed E-state index contributed by atoms with van der Waals surface area (Å²) in [7, 11) is 0. The summed E-state index contributed by atoms with van der Waals surface area (Å²) in [4.78, 5) is 23.9. The van der Waals surface area contributed by atoms with E-state index in [1.54, 1.807) is 24.3 Å². The van der Waals surface area contributed by atoms with Crippen LogP contribution in [0.4, 0.5) is 0 Å². The van der Waals surface area contributed by atoms with E-state index in [0.29, 0.717) is 18.7 Å². The molecule has 5 nitrogen and oxygen atoms in total. The molecule has 0 saturated carbocycles. The predicted molar refractivity (Wildman–Crippen MR) is 97.0 cm³/mol. The van der Waals surface area contributed by atoms with Crippen molar-refractivity contribution in [2.75, 3.05) is 26.2 Å². The number of ketones is 1. The summed E-state index contributed by atoms with van der Waals surface area (Å²) in [6, 6.07) is 7.04. The molecule has 0 unspecified atom stereocenters. The standard InChI is InChI=1S/C18H24N2O3.ClH/c1-2-23-16-5-3-15(4-6-16)17(21)7-8-18(22)20-13-14-9-11-19-12-10-14;/h3-6,9,19H,2,7-8,10-13H2,1H3,(H,20,22);1H. The molecule has 0 radical (unpaired) electrons. The van der Waals surface area contributed by atoms with Gasteiger partial charge in [-0.25, -0.2) is 0 Å². The Kier molecular flexibility index (Phi) is 9.12. The highest BCUT2D eigenvalue weighted by Gasteiger charge is 2.10. The molecule has 0 aliphatic carbocycles. The molecule has 0 fully saturated rings. The van der Waals surface area contributed by atoms with Gasteiger partial charge in [0.15, 0.2) is 5.78 Å². The number of ether oxygens (including phenoxy) is 1. The maximum Gasteiger partial charge on any atom is 0.220 e. The van der Waals surface area contributed by atoms with Gasteiger partial charge in [0.05, 0.1) is 6.61 Å². The summed E-state index contributed by atoms with van der Waals surface area (Å²) >= 11 is 0. The van der Waals surface area contributed by atoms with E-state index in [4.69, 9.17) is 4.74 Å². The first-order valence-corrected chi connectivity index (χ1v) is 8.10. The quantitative estimate of drug-likeness (QED) is 0.557. The molecule has 24 heavy (non-hydrogen) atoms. The van der Waals surface area contributed by atoms with E-state index in [2.05, 4.69) is 16.7 Å². The zero-order valence-electron chi connectivity index (χ0n) is 14.0. The lowest BCUT2D eigenvalue weighted by molar-refractivity contribution is -0.120. The van der Waals surface area contributed by atoms with Crippen LogP contribution in [-0.2, 0) is 4.79 Å². The predicted octanol–water partition coefficient (Wildman–Crippen LogP) is 2.51. The lowest BCUT2D eigenvalue weighted by Crippen LogP contribution is -2.29. The van der Waals surface area contributed by atoms with Crippen molar-refractivity contribution < 1.29 is 14.3 Å². The van der Waals surface area contributed by atoms with Crippen LogP contribution in [0.1, 0.15) is 36.5 Å². The second kappa shape index (κ2) is 10.8. The molecule has 6 heteroatoms. The van der Waals surface area contributed by atoms with Crippen molar-refractivity contribution in [1.29, 1.82) is 0 Å². The molecule has 1 heterocycles. The highest BCUT2D eigenvalue weighted by Crippen LogP contribution is 2.14. The van der Waals surface area contributed by atoms with Crippen molar-refractivity contribution in [2.45, 2.75) is 26.2 Å². The second-order valence-corrected chi connectivity index (χ2v) is 5.47. The number of hydrogen-bond acceptors (Lipinski definition) is 4. The van der Waals surface area contributed by atoms with Crippen LogP contribution < -0.4 is 15.4 Å². The molecular weight excluding hydrogens is 328 g/mol. The van der Waals surface area contributed by atoms with Crippen LogP contribution in [0.2, 0.25) is 0 Å². The zero-order chi connectivity index (χ0) is 16.5. The average molecular weight is 353 g/mol. The molecule has 1 aromatic rings. The second-order valence-electron chi connectivity index (χ2n) is 5.47. The largest absolute Gasteiger partial charge is 0.494 e. The number of nitrogens with one attached hydrogen (secondary N) is 2. The average Bonchev–Trinajstić information content (AvgIpc) is 2.59. The summed E-state index contributed by atoms with van der Waals surface area (Å²) in [6.45, 7) is 4.91. The van der Waals surface area contributed by atoms with Gasteiger partial charge in [0.1, 0.15) is 5.75 Å². The van der Waals surface area contributed by atoms with Gasteiger partial charge in [-0.3, -0.25) is 9.59 Å². The van der Waals surface area contributed by atoms with Gasteiger partial charge in [-0.05, 0) is 44.2 Å². The Bertz CT molecular complexity index is 570. The number of Topliss-reactive ketones (excluding diaryl/α,β-unsaturated/α-hetero) is 1. The van der Waals surface area contributed by atoms with Gasteiger partial charge in [-0.15, -0.1) is 12.4 Å². The highest BCUT2D eigenvalue weighted by molar-refractivity contribution is 5.98.